The van der Waals surface area contributed by atoms with Gasteiger partial charge in [-0.05, 0) is 53.4 Å². The van der Waals surface area contributed by atoms with Crippen LogP contribution in [0.4, 0.5) is 4.79 Å². The molecule has 2 N–H and O–H groups in total. The summed E-state index contributed by atoms with van der Waals surface area (Å²) in [6, 6.07) is 14.6. The van der Waals surface area contributed by atoms with Gasteiger partial charge in [0.25, 0.3) is 0 Å². The van der Waals surface area contributed by atoms with Crippen LogP contribution in [0, 0.1) is 11.8 Å². The third-order valence-electron chi connectivity index (χ3n) is 7.67. The van der Waals surface area contributed by atoms with Crippen molar-refractivity contribution in [1.29, 1.82) is 0 Å². The van der Waals surface area contributed by atoms with Crippen molar-refractivity contribution in [2.75, 3.05) is 13.2 Å². The van der Waals surface area contributed by atoms with Gasteiger partial charge < -0.3 is 20.1 Å². The molecule has 2 fully saturated rings. The van der Waals surface area contributed by atoms with E-state index in [1.807, 2.05) is 31.2 Å². The van der Waals surface area contributed by atoms with Crippen molar-refractivity contribution in [3.05, 3.63) is 59.7 Å². The number of carbonyl (C=O) groups is 3. The van der Waals surface area contributed by atoms with Crippen LogP contribution in [0.5, 0.6) is 0 Å². The van der Waals surface area contributed by atoms with Crippen LogP contribution >= 0.6 is 0 Å². The van der Waals surface area contributed by atoms with Gasteiger partial charge in [-0.15, -0.1) is 0 Å². The minimum atomic E-state index is -0.989. The smallest absolute Gasteiger partial charge is 0.407 e. The lowest BCUT2D eigenvalue weighted by atomic mass is 9.90. The number of carboxylic acid groups (broad SMARTS) is 1. The largest absolute Gasteiger partial charge is 0.480 e. The van der Waals surface area contributed by atoms with Crippen molar-refractivity contribution in [1.82, 2.24) is 10.2 Å². The Morgan fingerprint density at radius 3 is 2.26 bits per heavy atom. The monoisotopic (exact) mass is 476 g/mol. The van der Waals surface area contributed by atoms with Gasteiger partial charge in [-0.2, -0.15) is 0 Å². The molecule has 1 saturated heterocycles. The summed E-state index contributed by atoms with van der Waals surface area (Å²) in [6.07, 6.45) is 3.46. The number of benzene rings is 2. The van der Waals surface area contributed by atoms with Crippen molar-refractivity contribution < 1.29 is 24.2 Å². The number of hydrogen-bond donors (Lipinski definition) is 2. The first kappa shape index (κ1) is 23.4. The summed E-state index contributed by atoms with van der Waals surface area (Å²) in [5.41, 5.74) is 4.55. The standard InChI is InChI=1S/C28H32N2O5/c1-17-7-6-14-30(25(17)27(32)33)26(31)24(15-18-12-13-18)29-28(34)35-16-23-21-10-4-2-8-19(21)20-9-3-5-11-22(20)23/h2-5,8-11,17-18,23-25H,6-7,12-16H2,1H3,(H,29,34)(H,32,33). The van der Waals surface area contributed by atoms with E-state index in [1.165, 1.54) is 4.90 Å². The van der Waals surface area contributed by atoms with E-state index in [0.717, 1.165) is 47.9 Å². The number of ether oxygens (including phenoxy) is 1. The van der Waals surface area contributed by atoms with Gasteiger partial charge in [0, 0.05) is 12.5 Å². The lowest BCUT2D eigenvalue weighted by Crippen LogP contribution is -2.58. The van der Waals surface area contributed by atoms with E-state index >= 15 is 0 Å². The summed E-state index contributed by atoms with van der Waals surface area (Å²) >= 11 is 0. The zero-order valence-electron chi connectivity index (χ0n) is 20.0. The molecule has 2 amide bonds. The third kappa shape index (κ3) is 4.77. The molecular formula is C28H32N2O5. The molecule has 2 aromatic carbocycles. The fourth-order valence-electron chi connectivity index (χ4n) is 5.70. The number of amides is 2. The zero-order valence-corrected chi connectivity index (χ0v) is 20.0. The number of piperidine rings is 1. The summed E-state index contributed by atoms with van der Waals surface area (Å²) < 4.78 is 5.67. The predicted octanol–water partition coefficient (Wildman–Crippen LogP) is 4.41. The predicted molar refractivity (Wildman–Crippen MR) is 131 cm³/mol. The van der Waals surface area contributed by atoms with Gasteiger partial charge in [-0.25, -0.2) is 9.59 Å². The summed E-state index contributed by atoms with van der Waals surface area (Å²) in [4.78, 5) is 39.7. The van der Waals surface area contributed by atoms with E-state index in [1.54, 1.807) is 0 Å². The SMILES string of the molecule is CC1CCCN(C(=O)C(CC2CC2)NC(=O)OCC2c3ccccc3-c3ccccc32)C1C(=O)O. The number of rotatable bonds is 7. The number of alkyl carbamates (subject to hydrolysis) is 1. The normalized spacial score (nSPS) is 22.1. The second-order valence-corrected chi connectivity index (χ2v) is 10.1. The lowest BCUT2D eigenvalue weighted by Gasteiger charge is -2.39. The van der Waals surface area contributed by atoms with E-state index in [2.05, 4.69) is 29.6 Å². The third-order valence-corrected chi connectivity index (χ3v) is 7.67. The Balaban J connectivity index is 1.28. The molecule has 3 aliphatic rings. The Morgan fingerprint density at radius 2 is 1.66 bits per heavy atom. The highest BCUT2D eigenvalue weighted by molar-refractivity contribution is 5.89. The molecule has 3 unspecified atom stereocenters. The number of aliphatic carboxylic acids is 1. The molecule has 2 aromatic rings. The average molecular weight is 477 g/mol. The van der Waals surface area contributed by atoms with Crippen LogP contribution in [0.25, 0.3) is 11.1 Å². The molecule has 3 atom stereocenters. The van der Waals surface area contributed by atoms with Crippen molar-refractivity contribution in [3.8, 4) is 11.1 Å². The maximum absolute atomic E-state index is 13.4. The highest BCUT2D eigenvalue weighted by atomic mass is 16.5. The Kier molecular flexibility index (Phi) is 6.50. The van der Waals surface area contributed by atoms with Gasteiger partial charge in [0.1, 0.15) is 18.7 Å². The first-order chi connectivity index (χ1) is 16.9. The van der Waals surface area contributed by atoms with Crippen LogP contribution in [0.1, 0.15) is 56.1 Å². The molecule has 0 radical (unpaired) electrons. The number of likely N-dealkylation sites (tertiary alicyclic amines) is 1. The van der Waals surface area contributed by atoms with E-state index in [4.69, 9.17) is 4.74 Å². The van der Waals surface area contributed by atoms with Crippen molar-refractivity contribution in [2.24, 2.45) is 11.8 Å². The van der Waals surface area contributed by atoms with Gasteiger partial charge in [0.15, 0.2) is 0 Å². The second kappa shape index (κ2) is 9.72. The van der Waals surface area contributed by atoms with Gasteiger partial charge >= 0.3 is 12.1 Å². The number of carbonyl (C=O) groups excluding carboxylic acids is 2. The zero-order chi connectivity index (χ0) is 24.5. The van der Waals surface area contributed by atoms with E-state index in [0.29, 0.717) is 18.9 Å². The molecule has 5 rings (SSSR count). The Hall–Kier alpha value is -3.35. The van der Waals surface area contributed by atoms with Gasteiger partial charge in [0.2, 0.25) is 5.91 Å². The fourth-order valence-corrected chi connectivity index (χ4v) is 5.70. The minimum absolute atomic E-state index is 0.0648. The Bertz CT molecular complexity index is 1080. The highest BCUT2D eigenvalue weighted by Gasteiger charge is 2.41. The molecule has 0 spiro atoms. The fraction of sp³-hybridized carbons (Fsp3) is 0.464. The van der Waals surface area contributed by atoms with E-state index < -0.39 is 24.1 Å². The van der Waals surface area contributed by atoms with Crippen LogP contribution < -0.4 is 5.32 Å². The first-order valence-corrected chi connectivity index (χ1v) is 12.6. The Morgan fingerprint density at radius 1 is 1.03 bits per heavy atom. The number of nitrogens with zero attached hydrogens (tertiary/aromatic N) is 1. The first-order valence-electron chi connectivity index (χ1n) is 12.6. The molecular weight excluding hydrogens is 444 g/mol. The summed E-state index contributed by atoms with van der Waals surface area (Å²) in [5, 5.41) is 12.5. The number of fused-ring (bicyclic) bond motifs is 3. The summed E-state index contributed by atoms with van der Waals surface area (Å²) in [5.74, 6) is -1.11. The van der Waals surface area contributed by atoms with E-state index in [9.17, 15) is 19.5 Å². The molecule has 7 nitrogen and oxygen atoms in total. The molecule has 2 aliphatic carbocycles. The van der Waals surface area contributed by atoms with Crippen molar-refractivity contribution >= 4 is 18.0 Å². The van der Waals surface area contributed by atoms with Crippen molar-refractivity contribution in [2.45, 2.75) is 57.0 Å². The molecule has 35 heavy (non-hydrogen) atoms. The molecule has 1 aliphatic heterocycles. The van der Waals surface area contributed by atoms with Crippen LogP contribution in [-0.4, -0.2) is 53.2 Å². The quantitative estimate of drug-likeness (QED) is 0.617. The van der Waals surface area contributed by atoms with Gasteiger partial charge in [-0.3, -0.25) is 4.79 Å². The number of hydrogen-bond acceptors (Lipinski definition) is 4. The van der Waals surface area contributed by atoms with Crippen LogP contribution in [0.15, 0.2) is 48.5 Å². The molecule has 1 heterocycles. The maximum Gasteiger partial charge on any atom is 0.407 e. The topological polar surface area (TPSA) is 95.9 Å². The number of nitrogens with one attached hydrogen (secondary N) is 1. The number of carboxylic acids is 1. The molecule has 0 aromatic heterocycles. The molecule has 0 bridgehead atoms. The van der Waals surface area contributed by atoms with Gasteiger partial charge in [0.05, 0.1) is 0 Å². The van der Waals surface area contributed by atoms with Crippen LogP contribution in [0.3, 0.4) is 0 Å². The van der Waals surface area contributed by atoms with Crippen molar-refractivity contribution in [3.63, 3.8) is 0 Å². The molecule has 1 saturated carbocycles. The Labute approximate surface area is 205 Å². The van der Waals surface area contributed by atoms with Crippen LogP contribution in [-0.2, 0) is 14.3 Å². The molecule has 7 heteroatoms. The molecule has 184 valence electrons. The highest BCUT2D eigenvalue weighted by Crippen LogP contribution is 2.44. The van der Waals surface area contributed by atoms with Crippen LogP contribution in [0.2, 0.25) is 0 Å². The average Bonchev–Trinajstić information content (AvgIpc) is 3.62. The van der Waals surface area contributed by atoms with E-state index in [-0.39, 0.29) is 24.3 Å². The summed E-state index contributed by atoms with van der Waals surface area (Å²) in [6.45, 7) is 2.43. The maximum atomic E-state index is 13.4. The second-order valence-electron chi connectivity index (χ2n) is 10.1. The summed E-state index contributed by atoms with van der Waals surface area (Å²) in [7, 11) is 0. The minimum Gasteiger partial charge on any atom is -0.480 e. The van der Waals surface area contributed by atoms with Gasteiger partial charge in [-0.1, -0.05) is 68.3 Å². The lowest BCUT2D eigenvalue weighted by molar-refractivity contribution is -0.155.